The predicted octanol–water partition coefficient (Wildman–Crippen LogP) is 0.842. The highest BCUT2D eigenvalue weighted by Gasteiger charge is 2.23. The van der Waals surface area contributed by atoms with Gasteiger partial charge >= 0.3 is 5.97 Å². The Labute approximate surface area is 121 Å². The molecular weight excluding hydrogens is 278 g/mol. The Kier molecular flexibility index (Phi) is 5.08. The number of carboxylic acid groups (broad SMARTS) is 1. The van der Waals surface area contributed by atoms with E-state index in [1.807, 2.05) is 7.05 Å². The van der Waals surface area contributed by atoms with Crippen molar-refractivity contribution in [3.05, 3.63) is 16.1 Å². The molecule has 0 aromatic carbocycles. The number of aromatic carboxylic acids is 1. The van der Waals surface area contributed by atoms with E-state index in [2.05, 4.69) is 15.2 Å². The number of aromatic nitrogens is 1. The number of amides is 1. The molecule has 1 aliphatic heterocycles. The fourth-order valence-corrected chi connectivity index (χ4v) is 3.11. The number of carbonyl (C=O) groups is 2. The van der Waals surface area contributed by atoms with Crippen molar-refractivity contribution >= 4 is 23.2 Å². The molecule has 2 N–H and O–H groups in total. The SMILES string of the molecule is CN1CCC[C@@H](C(=O)NCCc2nc(C(=O)O)cs2)C1. The minimum absolute atomic E-state index is 0.0691. The first-order valence-electron chi connectivity index (χ1n) is 6.70. The van der Waals surface area contributed by atoms with Gasteiger partial charge in [-0.05, 0) is 26.4 Å². The van der Waals surface area contributed by atoms with Gasteiger partial charge in [0.15, 0.2) is 5.69 Å². The van der Waals surface area contributed by atoms with Gasteiger partial charge in [0.1, 0.15) is 0 Å². The number of rotatable bonds is 5. The van der Waals surface area contributed by atoms with Crippen molar-refractivity contribution in [3.8, 4) is 0 Å². The van der Waals surface area contributed by atoms with E-state index in [9.17, 15) is 9.59 Å². The topological polar surface area (TPSA) is 82.5 Å². The molecule has 1 amide bonds. The van der Waals surface area contributed by atoms with Crippen molar-refractivity contribution < 1.29 is 14.7 Å². The van der Waals surface area contributed by atoms with Crippen LogP contribution in [0.15, 0.2) is 5.38 Å². The number of thiazole rings is 1. The second-order valence-electron chi connectivity index (χ2n) is 5.07. The van der Waals surface area contributed by atoms with Gasteiger partial charge in [0.25, 0.3) is 0 Å². The minimum Gasteiger partial charge on any atom is -0.476 e. The zero-order valence-electron chi connectivity index (χ0n) is 11.5. The van der Waals surface area contributed by atoms with Crippen molar-refractivity contribution in [1.29, 1.82) is 0 Å². The number of likely N-dealkylation sites (tertiary alicyclic amines) is 1. The molecule has 20 heavy (non-hydrogen) atoms. The lowest BCUT2D eigenvalue weighted by Crippen LogP contribution is -2.41. The minimum atomic E-state index is -1.01. The first-order valence-corrected chi connectivity index (χ1v) is 7.58. The summed E-state index contributed by atoms with van der Waals surface area (Å²) >= 11 is 1.31. The molecule has 0 aliphatic carbocycles. The molecule has 1 atom stereocenters. The molecule has 0 spiro atoms. The van der Waals surface area contributed by atoms with Crippen molar-refractivity contribution in [2.75, 3.05) is 26.7 Å². The largest absolute Gasteiger partial charge is 0.476 e. The van der Waals surface area contributed by atoms with Gasteiger partial charge in [-0.3, -0.25) is 4.79 Å². The van der Waals surface area contributed by atoms with Crippen LogP contribution in [0.5, 0.6) is 0 Å². The van der Waals surface area contributed by atoms with E-state index in [-0.39, 0.29) is 17.5 Å². The second-order valence-corrected chi connectivity index (χ2v) is 6.02. The van der Waals surface area contributed by atoms with Crippen molar-refractivity contribution in [2.45, 2.75) is 19.3 Å². The van der Waals surface area contributed by atoms with Gasteiger partial charge < -0.3 is 15.3 Å². The molecule has 1 saturated heterocycles. The second kappa shape index (κ2) is 6.81. The molecule has 1 aromatic heterocycles. The summed E-state index contributed by atoms with van der Waals surface area (Å²) in [6.45, 7) is 2.37. The van der Waals surface area contributed by atoms with Crippen LogP contribution in [0.25, 0.3) is 0 Å². The van der Waals surface area contributed by atoms with E-state index in [1.54, 1.807) is 0 Å². The van der Waals surface area contributed by atoms with Crippen LogP contribution < -0.4 is 5.32 Å². The van der Waals surface area contributed by atoms with Gasteiger partial charge in [-0.25, -0.2) is 9.78 Å². The smallest absolute Gasteiger partial charge is 0.355 e. The summed E-state index contributed by atoms with van der Waals surface area (Å²) in [5, 5.41) is 14.0. The zero-order valence-corrected chi connectivity index (χ0v) is 12.3. The van der Waals surface area contributed by atoms with Crippen molar-refractivity contribution in [3.63, 3.8) is 0 Å². The molecule has 1 fully saturated rings. The summed E-state index contributed by atoms with van der Waals surface area (Å²) in [6.07, 6.45) is 2.58. The Bertz CT molecular complexity index is 489. The van der Waals surface area contributed by atoms with Crippen LogP contribution >= 0.6 is 11.3 Å². The number of nitrogens with one attached hydrogen (secondary N) is 1. The van der Waals surface area contributed by atoms with E-state index in [1.165, 1.54) is 16.7 Å². The molecule has 0 saturated carbocycles. The van der Waals surface area contributed by atoms with E-state index in [4.69, 9.17) is 5.11 Å². The molecular formula is C13H19N3O3S. The van der Waals surface area contributed by atoms with Gasteiger partial charge in [0.05, 0.1) is 10.9 Å². The van der Waals surface area contributed by atoms with Crippen molar-refractivity contribution in [2.24, 2.45) is 5.92 Å². The Balaban J connectivity index is 1.74. The summed E-state index contributed by atoms with van der Waals surface area (Å²) in [7, 11) is 2.03. The molecule has 110 valence electrons. The summed E-state index contributed by atoms with van der Waals surface area (Å²) in [6, 6.07) is 0. The average Bonchev–Trinajstić information content (AvgIpc) is 2.87. The molecule has 0 unspecified atom stereocenters. The number of carboxylic acids is 1. The number of hydrogen-bond acceptors (Lipinski definition) is 5. The van der Waals surface area contributed by atoms with E-state index < -0.39 is 5.97 Å². The van der Waals surface area contributed by atoms with Gasteiger partial charge in [-0.1, -0.05) is 0 Å². The van der Waals surface area contributed by atoms with Gasteiger partial charge in [-0.15, -0.1) is 11.3 Å². The van der Waals surface area contributed by atoms with Crippen LogP contribution in [0.4, 0.5) is 0 Å². The lowest BCUT2D eigenvalue weighted by atomic mass is 9.97. The highest BCUT2D eigenvalue weighted by molar-refractivity contribution is 7.09. The Morgan fingerprint density at radius 2 is 2.40 bits per heavy atom. The van der Waals surface area contributed by atoms with E-state index in [0.717, 1.165) is 30.9 Å². The maximum absolute atomic E-state index is 12.0. The van der Waals surface area contributed by atoms with Gasteiger partial charge in [-0.2, -0.15) is 0 Å². The molecule has 2 heterocycles. The monoisotopic (exact) mass is 297 g/mol. The van der Waals surface area contributed by atoms with Crippen molar-refractivity contribution in [1.82, 2.24) is 15.2 Å². The summed E-state index contributed by atoms with van der Waals surface area (Å²) in [5.74, 6) is -0.854. The summed E-state index contributed by atoms with van der Waals surface area (Å²) in [4.78, 5) is 28.9. The molecule has 2 rings (SSSR count). The summed E-state index contributed by atoms with van der Waals surface area (Å²) in [5.41, 5.74) is 0.0743. The number of piperidine rings is 1. The first-order chi connectivity index (χ1) is 9.56. The maximum atomic E-state index is 12.0. The molecule has 1 aliphatic rings. The van der Waals surface area contributed by atoms with Crippen LogP contribution in [-0.2, 0) is 11.2 Å². The fraction of sp³-hybridized carbons (Fsp3) is 0.615. The highest BCUT2D eigenvalue weighted by Crippen LogP contribution is 2.15. The lowest BCUT2D eigenvalue weighted by Gasteiger charge is -2.28. The first kappa shape index (κ1) is 14.9. The number of hydrogen-bond donors (Lipinski definition) is 2. The zero-order chi connectivity index (χ0) is 14.5. The highest BCUT2D eigenvalue weighted by atomic mass is 32.1. The standard InChI is InChI=1S/C13H19N3O3S/c1-16-6-2-3-9(7-16)12(17)14-5-4-11-15-10(8-20-11)13(18)19/h8-9H,2-7H2,1H3,(H,14,17)(H,18,19)/t9-/m1/s1. The Morgan fingerprint density at radius 3 is 3.05 bits per heavy atom. The molecule has 7 heteroatoms. The lowest BCUT2D eigenvalue weighted by molar-refractivity contribution is -0.126. The maximum Gasteiger partial charge on any atom is 0.355 e. The van der Waals surface area contributed by atoms with Crippen LogP contribution in [0.2, 0.25) is 0 Å². The van der Waals surface area contributed by atoms with Crippen LogP contribution in [0.3, 0.4) is 0 Å². The van der Waals surface area contributed by atoms with Crippen LogP contribution in [0, 0.1) is 5.92 Å². The third-order valence-electron chi connectivity index (χ3n) is 3.40. The average molecular weight is 297 g/mol. The van der Waals surface area contributed by atoms with Crippen LogP contribution in [0.1, 0.15) is 28.3 Å². The molecule has 0 radical (unpaired) electrons. The van der Waals surface area contributed by atoms with E-state index in [0.29, 0.717) is 13.0 Å². The molecule has 1 aromatic rings. The van der Waals surface area contributed by atoms with Gasteiger partial charge in [0, 0.05) is 24.9 Å². The van der Waals surface area contributed by atoms with Crippen LogP contribution in [-0.4, -0.2) is 53.5 Å². The van der Waals surface area contributed by atoms with E-state index >= 15 is 0 Å². The van der Waals surface area contributed by atoms with Gasteiger partial charge in [0.2, 0.25) is 5.91 Å². The quantitative estimate of drug-likeness (QED) is 0.841. The summed E-state index contributed by atoms with van der Waals surface area (Å²) < 4.78 is 0. The fourth-order valence-electron chi connectivity index (χ4n) is 2.34. The number of nitrogens with zero attached hydrogens (tertiary/aromatic N) is 2. The number of carbonyl (C=O) groups excluding carboxylic acids is 1. The Morgan fingerprint density at radius 1 is 1.60 bits per heavy atom. The molecule has 6 nitrogen and oxygen atoms in total. The normalized spacial score (nSPS) is 19.8. The third-order valence-corrected chi connectivity index (χ3v) is 4.31. The third kappa shape index (κ3) is 4.01. The Hall–Kier alpha value is -1.47. The predicted molar refractivity (Wildman–Crippen MR) is 76.0 cm³/mol. The molecule has 0 bridgehead atoms.